The standard InChI is InChI=1S/C10H10ClN3O2/c11-10-12-7-2-4-16-8(7)9(13-10)14-3-1-6(15)5-14/h2,4,6,15H,1,3,5H2. The van der Waals surface area contributed by atoms with Crippen molar-refractivity contribution in [2.75, 3.05) is 18.0 Å². The van der Waals surface area contributed by atoms with Crippen LogP contribution in [0.5, 0.6) is 0 Å². The van der Waals surface area contributed by atoms with Gasteiger partial charge in [0, 0.05) is 19.2 Å². The Morgan fingerprint density at radius 2 is 2.38 bits per heavy atom. The van der Waals surface area contributed by atoms with Crippen LogP contribution in [0.2, 0.25) is 5.28 Å². The lowest BCUT2D eigenvalue weighted by molar-refractivity contribution is 0.198. The average molecular weight is 240 g/mol. The van der Waals surface area contributed by atoms with Crippen LogP contribution in [0.1, 0.15) is 6.42 Å². The number of aliphatic hydroxyl groups is 1. The SMILES string of the molecule is OC1CCN(c2nc(Cl)nc3ccoc23)C1. The maximum Gasteiger partial charge on any atom is 0.225 e. The van der Waals surface area contributed by atoms with Crippen LogP contribution >= 0.6 is 11.6 Å². The fourth-order valence-electron chi connectivity index (χ4n) is 1.97. The van der Waals surface area contributed by atoms with Crippen molar-refractivity contribution in [3.05, 3.63) is 17.6 Å². The Labute approximate surface area is 96.7 Å². The zero-order chi connectivity index (χ0) is 11.1. The van der Waals surface area contributed by atoms with Crippen molar-refractivity contribution in [2.45, 2.75) is 12.5 Å². The van der Waals surface area contributed by atoms with Crippen LogP contribution in [-0.4, -0.2) is 34.3 Å². The van der Waals surface area contributed by atoms with Gasteiger partial charge in [-0.05, 0) is 18.0 Å². The zero-order valence-electron chi connectivity index (χ0n) is 8.43. The van der Waals surface area contributed by atoms with Crippen molar-refractivity contribution in [1.29, 1.82) is 0 Å². The first kappa shape index (κ1) is 9.86. The summed E-state index contributed by atoms with van der Waals surface area (Å²) in [6.07, 6.45) is 1.99. The highest BCUT2D eigenvalue weighted by Crippen LogP contribution is 2.28. The molecule has 0 bridgehead atoms. The third kappa shape index (κ3) is 1.52. The second kappa shape index (κ2) is 3.61. The minimum Gasteiger partial charge on any atom is -0.459 e. The Hall–Kier alpha value is -1.33. The molecule has 1 aliphatic heterocycles. The number of rotatable bonds is 1. The van der Waals surface area contributed by atoms with Crippen LogP contribution < -0.4 is 4.90 Å². The first-order valence-corrected chi connectivity index (χ1v) is 5.45. The number of aromatic nitrogens is 2. The number of β-amino-alcohol motifs (C(OH)–C–C–N with tert-alkyl or cyclic N) is 1. The molecule has 1 unspecified atom stereocenters. The first-order valence-electron chi connectivity index (χ1n) is 5.08. The van der Waals surface area contributed by atoms with E-state index in [4.69, 9.17) is 16.0 Å². The molecule has 0 radical (unpaired) electrons. The van der Waals surface area contributed by atoms with Gasteiger partial charge in [-0.1, -0.05) is 0 Å². The van der Waals surface area contributed by atoms with E-state index in [1.165, 1.54) is 0 Å². The van der Waals surface area contributed by atoms with E-state index in [0.717, 1.165) is 13.0 Å². The maximum absolute atomic E-state index is 9.50. The first-order chi connectivity index (χ1) is 7.74. The number of hydrogen-bond donors (Lipinski definition) is 1. The van der Waals surface area contributed by atoms with Gasteiger partial charge in [-0.3, -0.25) is 0 Å². The molecule has 0 amide bonds. The van der Waals surface area contributed by atoms with E-state index in [1.807, 2.05) is 4.90 Å². The number of anilines is 1. The predicted molar refractivity (Wildman–Crippen MR) is 59.7 cm³/mol. The van der Waals surface area contributed by atoms with Crippen LogP contribution in [0, 0.1) is 0 Å². The molecule has 1 fully saturated rings. The monoisotopic (exact) mass is 239 g/mol. The normalized spacial score (nSPS) is 20.9. The van der Waals surface area contributed by atoms with Crippen molar-refractivity contribution in [1.82, 2.24) is 9.97 Å². The topological polar surface area (TPSA) is 62.4 Å². The summed E-state index contributed by atoms with van der Waals surface area (Å²) >= 11 is 5.84. The van der Waals surface area contributed by atoms with Crippen LogP contribution in [-0.2, 0) is 0 Å². The highest BCUT2D eigenvalue weighted by atomic mass is 35.5. The minimum atomic E-state index is -0.307. The Balaban J connectivity index is 2.11. The summed E-state index contributed by atoms with van der Waals surface area (Å²) in [7, 11) is 0. The fourth-order valence-corrected chi connectivity index (χ4v) is 2.14. The lowest BCUT2D eigenvalue weighted by Gasteiger charge is -2.16. The maximum atomic E-state index is 9.50. The van der Waals surface area contributed by atoms with Gasteiger partial charge in [0.1, 0.15) is 5.52 Å². The molecule has 1 aliphatic rings. The molecule has 0 spiro atoms. The van der Waals surface area contributed by atoms with E-state index in [0.29, 0.717) is 23.5 Å². The molecular weight excluding hydrogens is 230 g/mol. The fraction of sp³-hybridized carbons (Fsp3) is 0.400. The summed E-state index contributed by atoms with van der Waals surface area (Å²) in [5.74, 6) is 0.663. The number of fused-ring (bicyclic) bond motifs is 1. The van der Waals surface area contributed by atoms with Gasteiger partial charge in [-0.15, -0.1) is 0 Å². The molecule has 0 aliphatic carbocycles. The molecule has 1 atom stereocenters. The number of aliphatic hydroxyl groups excluding tert-OH is 1. The summed E-state index contributed by atoms with van der Waals surface area (Å²) in [4.78, 5) is 10.2. The molecule has 0 saturated carbocycles. The summed E-state index contributed by atoms with van der Waals surface area (Å²) in [5.41, 5.74) is 1.31. The van der Waals surface area contributed by atoms with E-state index >= 15 is 0 Å². The van der Waals surface area contributed by atoms with Gasteiger partial charge in [-0.2, -0.15) is 4.98 Å². The van der Waals surface area contributed by atoms with E-state index < -0.39 is 0 Å². The van der Waals surface area contributed by atoms with Gasteiger partial charge < -0.3 is 14.4 Å². The third-order valence-corrected chi connectivity index (χ3v) is 2.89. The zero-order valence-corrected chi connectivity index (χ0v) is 9.18. The highest BCUT2D eigenvalue weighted by molar-refractivity contribution is 6.28. The van der Waals surface area contributed by atoms with Crippen molar-refractivity contribution in [2.24, 2.45) is 0 Å². The second-order valence-corrected chi connectivity index (χ2v) is 4.18. The molecule has 3 heterocycles. The average Bonchev–Trinajstić information content (AvgIpc) is 2.84. The molecule has 6 heteroatoms. The predicted octanol–water partition coefficient (Wildman–Crippen LogP) is 1.45. The van der Waals surface area contributed by atoms with E-state index in [-0.39, 0.29) is 11.4 Å². The quantitative estimate of drug-likeness (QED) is 0.763. The minimum absolute atomic E-state index is 0.199. The summed E-state index contributed by atoms with van der Waals surface area (Å²) < 4.78 is 5.34. The van der Waals surface area contributed by atoms with E-state index in [2.05, 4.69) is 9.97 Å². The van der Waals surface area contributed by atoms with Gasteiger partial charge in [0.25, 0.3) is 0 Å². The lowest BCUT2D eigenvalue weighted by atomic mass is 10.3. The molecule has 1 N–H and O–H groups in total. The van der Waals surface area contributed by atoms with Gasteiger partial charge in [0.2, 0.25) is 5.28 Å². The van der Waals surface area contributed by atoms with E-state index in [1.54, 1.807) is 12.3 Å². The number of hydrogen-bond acceptors (Lipinski definition) is 5. The van der Waals surface area contributed by atoms with Crippen LogP contribution in [0.25, 0.3) is 11.1 Å². The molecule has 5 nitrogen and oxygen atoms in total. The van der Waals surface area contributed by atoms with Gasteiger partial charge >= 0.3 is 0 Å². The molecule has 1 saturated heterocycles. The molecule has 2 aromatic rings. The molecule has 3 rings (SSSR count). The van der Waals surface area contributed by atoms with Crippen LogP contribution in [0.3, 0.4) is 0 Å². The number of nitrogens with zero attached hydrogens (tertiary/aromatic N) is 3. The van der Waals surface area contributed by atoms with Crippen molar-refractivity contribution in [3.63, 3.8) is 0 Å². The van der Waals surface area contributed by atoms with Gasteiger partial charge in [0.15, 0.2) is 11.4 Å². The molecule has 16 heavy (non-hydrogen) atoms. The number of furan rings is 1. The molecule has 0 aromatic carbocycles. The van der Waals surface area contributed by atoms with Crippen LogP contribution in [0.4, 0.5) is 5.82 Å². The highest BCUT2D eigenvalue weighted by Gasteiger charge is 2.24. The summed E-state index contributed by atoms with van der Waals surface area (Å²) in [5, 5.41) is 9.70. The molecule has 2 aromatic heterocycles. The van der Waals surface area contributed by atoms with Crippen molar-refractivity contribution >= 4 is 28.5 Å². The van der Waals surface area contributed by atoms with Gasteiger partial charge in [-0.25, -0.2) is 4.98 Å². The van der Waals surface area contributed by atoms with Crippen molar-refractivity contribution in [3.8, 4) is 0 Å². The Morgan fingerprint density at radius 3 is 3.12 bits per heavy atom. The second-order valence-electron chi connectivity index (χ2n) is 3.84. The number of halogens is 1. The van der Waals surface area contributed by atoms with Crippen molar-refractivity contribution < 1.29 is 9.52 Å². The van der Waals surface area contributed by atoms with E-state index in [9.17, 15) is 5.11 Å². The molecule has 84 valence electrons. The summed E-state index contributed by atoms with van der Waals surface area (Å²) in [6.45, 7) is 1.31. The Bertz CT molecular complexity index is 528. The van der Waals surface area contributed by atoms with Gasteiger partial charge in [0.05, 0.1) is 12.4 Å². The smallest absolute Gasteiger partial charge is 0.225 e. The summed E-state index contributed by atoms with van der Waals surface area (Å²) in [6, 6.07) is 1.75. The third-order valence-electron chi connectivity index (χ3n) is 2.72. The Kier molecular flexibility index (Phi) is 2.22. The Morgan fingerprint density at radius 1 is 1.50 bits per heavy atom. The molecular formula is C10H10ClN3O2. The van der Waals surface area contributed by atoms with Crippen LogP contribution in [0.15, 0.2) is 16.7 Å². The largest absolute Gasteiger partial charge is 0.459 e. The lowest BCUT2D eigenvalue weighted by Crippen LogP contribution is -2.22.